The number of nitrogens with zero attached hydrogens (tertiary/aromatic N) is 3. The number of ether oxygens (including phenoxy) is 3. The molecule has 0 radical (unpaired) electrons. The lowest BCUT2D eigenvalue weighted by molar-refractivity contribution is -0.139. The van der Waals surface area contributed by atoms with Crippen molar-refractivity contribution in [2.24, 2.45) is 0 Å². The van der Waals surface area contributed by atoms with Crippen LogP contribution in [0.5, 0.6) is 5.75 Å². The number of rotatable bonds is 4. The van der Waals surface area contributed by atoms with E-state index in [1.54, 1.807) is 30.5 Å². The number of esters is 2. The van der Waals surface area contributed by atoms with E-state index in [0.717, 1.165) is 0 Å². The molecule has 0 unspecified atom stereocenters. The highest BCUT2D eigenvalue weighted by molar-refractivity contribution is 6.07. The molecule has 0 saturated carbocycles. The molecule has 26 heavy (non-hydrogen) atoms. The number of anilines is 1. The molecule has 0 amide bonds. The predicted molar refractivity (Wildman–Crippen MR) is 90.2 cm³/mol. The zero-order valence-electron chi connectivity index (χ0n) is 14.3. The van der Waals surface area contributed by atoms with Gasteiger partial charge >= 0.3 is 11.9 Å². The number of fused-ring (bicyclic) bond motifs is 1. The summed E-state index contributed by atoms with van der Waals surface area (Å²) >= 11 is 0. The van der Waals surface area contributed by atoms with Crippen LogP contribution in [-0.4, -0.2) is 43.6 Å². The summed E-state index contributed by atoms with van der Waals surface area (Å²) in [5, 5.41) is 7.72. The molecule has 0 bridgehead atoms. The summed E-state index contributed by atoms with van der Waals surface area (Å²) in [5.41, 5.74) is 1.17. The van der Waals surface area contributed by atoms with Gasteiger partial charge in [0.25, 0.3) is 0 Å². The standard InChI is InChI=1S/C17H15N3O6/c1-23-12-8-7-11(13-14(12)19-26-18-13)20-9-5-4-6-10(16(21)24-2)15(20)17(22)25-3/h4-9H,1-3H3. The van der Waals surface area contributed by atoms with E-state index in [1.807, 2.05) is 0 Å². The monoisotopic (exact) mass is 357 g/mol. The van der Waals surface area contributed by atoms with Crippen molar-refractivity contribution in [3.8, 4) is 5.75 Å². The van der Waals surface area contributed by atoms with Crippen molar-refractivity contribution < 1.29 is 28.4 Å². The van der Waals surface area contributed by atoms with Crippen LogP contribution in [0.25, 0.3) is 11.0 Å². The van der Waals surface area contributed by atoms with E-state index in [-0.39, 0.29) is 11.3 Å². The Morgan fingerprint density at radius 2 is 1.73 bits per heavy atom. The van der Waals surface area contributed by atoms with Gasteiger partial charge in [-0.3, -0.25) is 0 Å². The van der Waals surface area contributed by atoms with Crippen molar-refractivity contribution >= 4 is 28.7 Å². The Morgan fingerprint density at radius 3 is 2.42 bits per heavy atom. The lowest BCUT2D eigenvalue weighted by Gasteiger charge is -2.23. The lowest BCUT2D eigenvalue weighted by Crippen LogP contribution is -2.27. The minimum absolute atomic E-state index is 0.0289. The molecule has 0 spiro atoms. The summed E-state index contributed by atoms with van der Waals surface area (Å²) in [6.45, 7) is 0. The van der Waals surface area contributed by atoms with Gasteiger partial charge in [0, 0.05) is 6.20 Å². The minimum Gasteiger partial charge on any atom is -0.494 e. The number of methoxy groups -OCH3 is 3. The third-order valence-corrected chi connectivity index (χ3v) is 3.73. The van der Waals surface area contributed by atoms with E-state index in [2.05, 4.69) is 10.3 Å². The second kappa shape index (κ2) is 7.09. The summed E-state index contributed by atoms with van der Waals surface area (Å²) in [6, 6.07) is 3.32. The number of hydrogen-bond donors (Lipinski definition) is 0. The Morgan fingerprint density at radius 1 is 1.00 bits per heavy atom. The van der Waals surface area contributed by atoms with Crippen molar-refractivity contribution in [3.63, 3.8) is 0 Å². The fourth-order valence-corrected chi connectivity index (χ4v) is 2.54. The fourth-order valence-electron chi connectivity index (χ4n) is 2.54. The number of hydrogen-bond acceptors (Lipinski definition) is 9. The number of carbonyl (C=O) groups is 2. The van der Waals surface area contributed by atoms with Crippen molar-refractivity contribution in [2.75, 3.05) is 26.2 Å². The zero-order chi connectivity index (χ0) is 18.7. The third kappa shape index (κ3) is 2.79. The molecule has 1 aromatic carbocycles. The predicted octanol–water partition coefficient (Wildman–Crippen LogP) is 1.72. The smallest absolute Gasteiger partial charge is 0.355 e. The van der Waals surface area contributed by atoms with E-state index in [0.29, 0.717) is 22.5 Å². The Balaban J connectivity index is 2.27. The number of allylic oxidation sites excluding steroid dienone is 2. The fraction of sp³-hybridized carbons (Fsp3) is 0.176. The summed E-state index contributed by atoms with van der Waals surface area (Å²) in [4.78, 5) is 26.1. The maximum atomic E-state index is 12.5. The van der Waals surface area contributed by atoms with E-state index < -0.39 is 11.9 Å². The first-order valence-corrected chi connectivity index (χ1v) is 7.46. The van der Waals surface area contributed by atoms with Crippen LogP contribution in [0, 0.1) is 0 Å². The lowest BCUT2D eigenvalue weighted by atomic mass is 10.1. The first-order chi connectivity index (χ1) is 12.6. The van der Waals surface area contributed by atoms with Gasteiger partial charge in [0.2, 0.25) is 0 Å². The van der Waals surface area contributed by atoms with Gasteiger partial charge in [-0.1, -0.05) is 6.08 Å². The van der Waals surface area contributed by atoms with Crippen LogP contribution in [0.1, 0.15) is 0 Å². The molecule has 0 fully saturated rings. The average molecular weight is 357 g/mol. The van der Waals surface area contributed by atoms with Crippen LogP contribution in [0.2, 0.25) is 0 Å². The Hall–Kier alpha value is -3.62. The van der Waals surface area contributed by atoms with Gasteiger partial charge in [-0.15, -0.1) is 0 Å². The van der Waals surface area contributed by atoms with Gasteiger partial charge in [-0.05, 0) is 34.6 Å². The second-order valence-electron chi connectivity index (χ2n) is 5.06. The Kier molecular flexibility index (Phi) is 4.70. The van der Waals surface area contributed by atoms with Gasteiger partial charge in [0.15, 0.2) is 16.8 Å². The summed E-state index contributed by atoms with van der Waals surface area (Å²) < 4.78 is 19.7. The van der Waals surface area contributed by atoms with Crippen LogP contribution in [0.3, 0.4) is 0 Å². The van der Waals surface area contributed by atoms with Crippen molar-refractivity contribution in [1.82, 2.24) is 10.3 Å². The summed E-state index contributed by atoms with van der Waals surface area (Å²) in [6.07, 6.45) is 6.32. The molecule has 2 aromatic rings. The van der Waals surface area contributed by atoms with Crippen LogP contribution in [-0.2, 0) is 19.1 Å². The van der Waals surface area contributed by atoms with E-state index in [1.165, 1.54) is 32.3 Å². The number of benzene rings is 1. The highest BCUT2D eigenvalue weighted by atomic mass is 16.6. The van der Waals surface area contributed by atoms with Crippen LogP contribution >= 0.6 is 0 Å². The molecular weight excluding hydrogens is 342 g/mol. The molecule has 0 atom stereocenters. The molecule has 1 aromatic heterocycles. The van der Waals surface area contributed by atoms with E-state index in [4.69, 9.17) is 18.8 Å². The van der Waals surface area contributed by atoms with Crippen LogP contribution < -0.4 is 9.64 Å². The molecule has 0 aliphatic carbocycles. The highest BCUT2D eigenvalue weighted by Gasteiger charge is 2.29. The molecule has 1 aliphatic rings. The molecule has 9 nitrogen and oxygen atoms in total. The molecule has 0 saturated heterocycles. The van der Waals surface area contributed by atoms with E-state index >= 15 is 0 Å². The summed E-state index contributed by atoms with van der Waals surface area (Å²) in [7, 11) is 3.95. The van der Waals surface area contributed by atoms with Crippen LogP contribution in [0.4, 0.5) is 5.69 Å². The molecule has 1 aliphatic heterocycles. The summed E-state index contributed by atoms with van der Waals surface area (Å²) in [5.74, 6) is -0.945. The molecule has 0 N–H and O–H groups in total. The van der Waals surface area contributed by atoms with Gasteiger partial charge in [-0.25, -0.2) is 14.2 Å². The quantitative estimate of drug-likeness (QED) is 0.756. The molecule has 3 rings (SSSR count). The van der Waals surface area contributed by atoms with Crippen molar-refractivity contribution in [1.29, 1.82) is 0 Å². The SMILES string of the molecule is COC(=O)C1=C(C(=O)OC)N(c2ccc(OC)c3nonc23)C=CC=C1. The topological polar surface area (TPSA) is 104 Å². The zero-order valence-corrected chi connectivity index (χ0v) is 14.3. The number of carbonyl (C=O) groups excluding carboxylic acids is 2. The van der Waals surface area contributed by atoms with E-state index in [9.17, 15) is 9.59 Å². The minimum atomic E-state index is -0.720. The van der Waals surface area contributed by atoms with Gasteiger partial charge in [-0.2, -0.15) is 0 Å². The normalized spacial score (nSPS) is 13.7. The first-order valence-electron chi connectivity index (χ1n) is 7.46. The molecular formula is C17H15N3O6. The Labute approximate surface area is 148 Å². The molecule has 2 heterocycles. The third-order valence-electron chi connectivity index (χ3n) is 3.73. The maximum Gasteiger partial charge on any atom is 0.355 e. The van der Waals surface area contributed by atoms with Gasteiger partial charge < -0.3 is 19.1 Å². The highest BCUT2D eigenvalue weighted by Crippen LogP contribution is 2.35. The number of aromatic nitrogens is 2. The van der Waals surface area contributed by atoms with Crippen LogP contribution in [0.15, 0.2) is 52.5 Å². The Bertz CT molecular complexity index is 957. The molecule has 134 valence electrons. The average Bonchev–Trinajstić information content (AvgIpc) is 3.06. The molecule has 9 heteroatoms. The maximum absolute atomic E-state index is 12.5. The van der Waals surface area contributed by atoms with Crippen molar-refractivity contribution in [2.45, 2.75) is 0 Å². The van der Waals surface area contributed by atoms with Crippen molar-refractivity contribution in [3.05, 3.63) is 47.8 Å². The first kappa shape index (κ1) is 17.2. The second-order valence-corrected chi connectivity index (χ2v) is 5.06. The van der Waals surface area contributed by atoms with Gasteiger partial charge in [0.05, 0.1) is 32.6 Å². The van der Waals surface area contributed by atoms with Gasteiger partial charge in [0.1, 0.15) is 5.70 Å². The largest absolute Gasteiger partial charge is 0.494 e.